The number of carbonyl (C=O) groups excluding carboxylic acids is 1. The van der Waals surface area contributed by atoms with Crippen molar-refractivity contribution in [1.82, 2.24) is 20.2 Å². The molecular weight excluding hydrogens is 338 g/mol. The number of carboxylic acids is 1. The van der Waals surface area contributed by atoms with Crippen LogP contribution in [-0.4, -0.2) is 71.3 Å². The minimum atomic E-state index is -0.729. The molecule has 2 aliphatic rings. The molecule has 9 heteroatoms. The van der Waals surface area contributed by atoms with Crippen LogP contribution in [0.25, 0.3) is 0 Å². The maximum atomic E-state index is 12.5. The van der Waals surface area contributed by atoms with Crippen molar-refractivity contribution in [1.29, 1.82) is 0 Å². The third-order valence-corrected chi connectivity index (χ3v) is 5.13. The molecule has 9 nitrogen and oxygen atoms in total. The molecule has 0 atom stereocenters. The number of carbonyl (C=O) groups is 2. The van der Waals surface area contributed by atoms with Gasteiger partial charge in [0.05, 0.1) is 13.0 Å². The van der Waals surface area contributed by atoms with E-state index >= 15 is 0 Å². The monoisotopic (exact) mass is 363 g/mol. The van der Waals surface area contributed by atoms with Crippen LogP contribution in [-0.2, 0) is 4.79 Å². The van der Waals surface area contributed by atoms with Crippen molar-refractivity contribution in [2.24, 2.45) is 5.92 Å². The largest absolute Gasteiger partial charge is 0.481 e. The first kappa shape index (κ1) is 18.2. The van der Waals surface area contributed by atoms with E-state index in [-0.39, 0.29) is 18.0 Å². The molecule has 1 aliphatic carbocycles. The summed E-state index contributed by atoms with van der Waals surface area (Å²) in [5.41, 5.74) is 0. The van der Waals surface area contributed by atoms with Crippen molar-refractivity contribution in [3.05, 3.63) is 12.4 Å². The number of nitrogens with zero attached hydrogens (tertiary/aromatic N) is 4. The lowest BCUT2D eigenvalue weighted by Crippen LogP contribution is -2.54. The molecule has 2 heterocycles. The van der Waals surface area contributed by atoms with Crippen LogP contribution < -0.4 is 15.0 Å². The topological polar surface area (TPSA) is 108 Å². The van der Waals surface area contributed by atoms with Crippen LogP contribution in [0.2, 0.25) is 0 Å². The molecule has 1 aromatic heterocycles. The molecule has 0 bridgehead atoms. The fourth-order valence-electron chi connectivity index (χ4n) is 3.50. The van der Waals surface area contributed by atoms with E-state index in [0.717, 1.165) is 18.7 Å². The second kappa shape index (κ2) is 8.20. The van der Waals surface area contributed by atoms with Crippen LogP contribution in [0.4, 0.5) is 10.6 Å². The van der Waals surface area contributed by atoms with Crippen LogP contribution >= 0.6 is 0 Å². The number of ether oxygens (including phenoxy) is 1. The summed E-state index contributed by atoms with van der Waals surface area (Å²) in [6, 6.07) is 1.79. The molecule has 2 N–H and O–H groups in total. The van der Waals surface area contributed by atoms with Crippen molar-refractivity contribution in [3.8, 4) is 5.88 Å². The summed E-state index contributed by atoms with van der Waals surface area (Å²) in [7, 11) is 1.57. The normalized spacial score (nSPS) is 23.4. The Balaban J connectivity index is 1.46. The molecule has 3 rings (SSSR count). The summed E-state index contributed by atoms with van der Waals surface area (Å²) < 4.78 is 5.12. The number of anilines is 1. The fourth-order valence-corrected chi connectivity index (χ4v) is 3.50. The Morgan fingerprint density at radius 1 is 1.15 bits per heavy atom. The minimum Gasteiger partial charge on any atom is -0.481 e. The number of hydrogen-bond acceptors (Lipinski definition) is 6. The zero-order valence-electron chi connectivity index (χ0n) is 14.9. The van der Waals surface area contributed by atoms with Gasteiger partial charge in [0.15, 0.2) is 0 Å². The number of piperazine rings is 1. The first-order valence-electron chi connectivity index (χ1n) is 8.96. The lowest BCUT2D eigenvalue weighted by molar-refractivity contribution is -0.142. The maximum Gasteiger partial charge on any atom is 0.317 e. The second-order valence-corrected chi connectivity index (χ2v) is 6.73. The molecule has 142 valence electrons. The number of urea groups is 1. The number of rotatable bonds is 4. The summed E-state index contributed by atoms with van der Waals surface area (Å²) in [5.74, 6) is 0.319. The molecule has 1 saturated carbocycles. The smallest absolute Gasteiger partial charge is 0.317 e. The standard InChI is InChI=1S/C17H25N5O4/c1-26-15-10-14(18-11-19-15)21-6-8-22(9-7-21)17(25)20-13-4-2-12(3-5-13)16(23)24/h10-13H,2-9H2,1H3,(H,20,25)(H,23,24). The van der Waals surface area contributed by atoms with Gasteiger partial charge >= 0.3 is 12.0 Å². The Hall–Kier alpha value is -2.58. The van der Waals surface area contributed by atoms with Crippen molar-refractivity contribution in [2.45, 2.75) is 31.7 Å². The van der Waals surface area contributed by atoms with Gasteiger partial charge in [-0.05, 0) is 25.7 Å². The Morgan fingerprint density at radius 3 is 2.46 bits per heavy atom. The number of carboxylic acid groups (broad SMARTS) is 1. The van der Waals surface area contributed by atoms with E-state index in [9.17, 15) is 9.59 Å². The molecule has 0 aromatic carbocycles. The van der Waals surface area contributed by atoms with E-state index in [0.29, 0.717) is 44.9 Å². The van der Waals surface area contributed by atoms with Crippen molar-refractivity contribution in [3.63, 3.8) is 0 Å². The maximum absolute atomic E-state index is 12.5. The van der Waals surface area contributed by atoms with E-state index in [1.54, 1.807) is 18.1 Å². The van der Waals surface area contributed by atoms with Gasteiger partial charge in [-0.25, -0.2) is 14.8 Å². The molecule has 0 radical (unpaired) electrons. The van der Waals surface area contributed by atoms with E-state index in [4.69, 9.17) is 9.84 Å². The average Bonchev–Trinajstić information content (AvgIpc) is 2.68. The predicted octanol–water partition coefficient (Wildman–Crippen LogP) is 0.960. The van der Waals surface area contributed by atoms with Gasteiger partial charge in [-0.2, -0.15) is 0 Å². The zero-order chi connectivity index (χ0) is 18.5. The van der Waals surface area contributed by atoms with Gasteiger partial charge in [0.1, 0.15) is 12.1 Å². The summed E-state index contributed by atoms with van der Waals surface area (Å²) in [4.78, 5) is 35.6. The second-order valence-electron chi connectivity index (χ2n) is 6.73. The van der Waals surface area contributed by atoms with Crippen LogP contribution in [0.15, 0.2) is 12.4 Å². The highest BCUT2D eigenvalue weighted by Gasteiger charge is 2.29. The lowest BCUT2D eigenvalue weighted by Gasteiger charge is -2.36. The van der Waals surface area contributed by atoms with Crippen molar-refractivity contribution >= 4 is 17.8 Å². The fraction of sp³-hybridized carbons (Fsp3) is 0.647. The summed E-state index contributed by atoms with van der Waals surface area (Å²) >= 11 is 0. The molecular formula is C17H25N5O4. The molecule has 26 heavy (non-hydrogen) atoms. The van der Waals surface area contributed by atoms with Gasteiger partial charge < -0.3 is 25.0 Å². The molecule has 1 saturated heterocycles. The summed E-state index contributed by atoms with van der Waals surface area (Å²) in [6.07, 6.45) is 4.18. The Labute approximate surface area is 152 Å². The predicted molar refractivity (Wildman–Crippen MR) is 94.3 cm³/mol. The van der Waals surface area contributed by atoms with E-state index in [1.165, 1.54) is 6.33 Å². The van der Waals surface area contributed by atoms with Crippen LogP contribution in [0.1, 0.15) is 25.7 Å². The third kappa shape index (κ3) is 4.33. The van der Waals surface area contributed by atoms with Gasteiger partial charge in [-0.3, -0.25) is 4.79 Å². The van der Waals surface area contributed by atoms with E-state index in [1.807, 2.05) is 0 Å². The van der Waals surface area contributed by atoms with E-state index in [2.05, 4.69) is 20.2 Å². The summed E-state index contributed by atoms with van der Waals surface area (Å²) in [6.45, 7) is 2.62. The lowest BCUT2D eigenvalue weighted by atomic mass is 9.86. The van der Waals surface area contributed by atoms with Gasteiger partial charge in [0, 0.05) is 38.3 Å². The quantitative estimate of drug-likeness (QED) is 0.820. The Bertz CT molecular complexity index is 640. The SMILES string of the molecule is COc1cc(N2CCN(C(=O)NC3CCC(C(=O)O)CC3)CC2)ncn1. The molecule has 1 aromatic rings. The van der Waals surface area contributed by atoms with Crippen molar-refractivity contribution < 1.29 is 19.4 Å². The zero-order valence-corrected chi connectivity index (χ0v) is 14.9. The highest BCUT2D eigenvalue weighted by molar-refractivity contribution is 5.75. The number of amides is 2. The van der Waals surface area contributed by atoms with Crippen LogP contribution in [0, 0.1) is 5.92 Å². The number of aliphatic carboxylic acids is 1. The van der Waals surface area contributed by atoms with Gasteiger partial charge in [-0.1, -0.05) is 0 Å². The summed E-state index contributed by atoms with van der Waals surface area (Å²) in [5, 5.41) is 12.1. The van der Waals surface area contributed by atoms with E-state index < -0.39 is 5.97 Å². The highest BCUT2D eigenvalue weighted by atomic mass is 16.5. The van der Waals surface area contributed by atoms with Gasteiger partial charge in [0.25, 0.3) is 0 Å². The number of aromatic nitrogens is 2. The molecule has 0 spiro atoms. The Morgan fingerprint density at radius 2 is 1.85 bits per heavy atom. The number of nitrogens with one attached hydrogen (secondary N) is 1. The molecule has 2 amide bonds. The first-order chi connectivity index (χ1) is 12.6. The average molecular weight is 363 g/mol. The number of methoxy groups -OCH3 is 1. The molecule has 2 fully saturated rings. The highest BCUT2D eigenvalue weighted by Crippen LogP contribution is 2.24. The first-order valence-corrected chi connectivity index (χ1v) is 8.96. The van der Waals surface area contributed by atoms with Crippen LogP contribution in [0.5, 0.6) is 5.88 Å². The molecule has 0 unspecified atom stereocenters. The minimum absolute atomic E-state index is 0.0660. The Kier molecular flexibility index (Phi) is 5.75. The third-order valence-electron chi connectivity index (χ3n) is 5.13. The molecule has 1 aliphatic heterocycles. The van der Waals surface area contributed by atoms with Crippen molar-refractivity contribution in [2.75, 3.05) is 38.2 Å². The van der Waals surface area contributed by atoms with Gasteiger partial charge in [-0.15, -0.1) is 0 Å². The van der Waals surface area contributed by atoms with Gasteiger partial charge in [0.2, 0.25) is 5.88 Å². The number of hydrogen-bond donors (Lipinski definition) is 2. The van der Waals surface area contributed by atoms with Crippen LogP contribution in [0.3, 0.4) is 0 Å².